The van der Waals surface area contributed by atoms with Gasteiger partial charge in [-0.05, 0) is 29.8 Å². The number of hydrogen-bond donors (Lipinski definition) is 1. The summed E-state index contributed by atoms with van der Waals surface area (Å²) in [7, 11) is 0. The molecule has 0 saturated heterocycles. The maximum atomic E-state index is 10.3. The van der Waals surface area contributed by atoms with Crippen LogP contribution in [-0.2, 0) is 11.4 Å². The fourth-order valence-electron chi connectivity index (χ4n) is 0. The molecule has 2 nitrogen and oxygen atoms in total. The van der Waals surface area contributed by atoms with E-state index in [-0.39, 0.29) is 0 Å². The summed E-state index contributed by atoms with van der Waals surface area (Å²) < 4.78 is 9.87. The third kappa shape index (κ3) is 3.34. The minimum Gasteiger partial charge on any atom is -0.597 e. The number of halogens is 1. The molecular weight excluding hydrogens is 178 g/mol. The van der Waals surface area contributed by atoms with Crippen molar-refractivity contribution in [3.63, 3.8) is 0 Å². The third-order valence-electron chi connectivity index (χ3n) is 0.478. The topological polar surface area (TPSA) is 49.1 Å². The van der Waals surface area contributed by atoms with Crippen LogP contribution < -0.4 is 5.14 Å². The Morgan fingerprint density at radius 2 is 1.86 bits per heavy atom. The fourth-order valence-corrected chi connectivity index (χ4v) is 0. The Balaban J connectivity index is 3.54. The number of alkyl halides is 1. The first kappa shape index (κ1) is 7.75. The molecule has 0 saturated carbocycles. The highest BCUT2D eigenvalue weighted by Gasteiger charge is 2.24. The maximum absolute atomic E-state index is 10.3. The SMILES string of the molecule is CC(C)(Br)[S@+](N)[O-]. The molecule has 0 aliphatic heterocycles. The molecule has 0 radical (unpaired) electrons. The summed E-state index contributed by atoms with van der Waals surface area (Å²) in [6.07, 6.45) is 0. The average Bonchev–Trinajstić information content (AvgIpc) is 1.31. The van der Waals surface area contributed by atoms with Gasteiger partial charge in [0, 0.05) is 0 Å². The van der Waals surface area contributed by atoms with Crippen molar-refractivity contribution in [3.05, 3.63) is 0 Å². The van der Waals surface area contributed by atoms with Crippen LogP contribution in [0.3, 0.4) is 0 Å². The predicted molar refractivity (Wildman–Crippen MR) is 35.3 cm³/mol. The molecule has 0 aromatic carbocycles. The van der Waals surface area contributed by atoms with Crippen LogP contribution in [-0.4, -0.2) is 8.21 Å². The molecule has 4 heteroatoms. The van der Waals surface area contributed by atoms with Gasteiger partial charge in [0.2, 0.25) is 0 Å². The molecule has 0 rings (SSSR count). The molecule has 0 aliphatic carbocycles. The molecule has 1 atom stereocenters. The van der Waals surface area contributed by atoms with Crippen molar-refractivity contribution in [3.8, 4) is 0 Å². The number of hydrogen-bond acceptors (Lipinski definition) is 2. The Kier molecular flexibility index (Phi) is 2.60. The first-order valence-corrected chi connectivity index (χ1v) is 3.80. The van der Waals surface area contributed by atoms with Crippen LogP contribution in [0.5, 0.6) is 0 Å². The Bertz CT molecular complexity index is 60.4. The van der Waals surface area contributed by atoms with Gasteiger partial charge >= 0.3 is 0 Å². The van der Waals surface area contributed by atoms with Gasteiger partial charge in [0.05, 0.1) is 11.4 Å². The highest BCUT2D eigenvalue weighted by molar-refractivity contribution is 9.11. The molecule has 0 aromatic heterocycles. The van der Waals surface area contributed by atoms with Gasteiger partial charge in [0.1, 0.15) is 0 Å². The lowest BCUT2D eigenvalue weighted by molar-refractivity contribution is 0.584. The molecule has 0 fully saturated rings. The van der Waals surface area contributed by atoms with Gasteiger partial charge in [0.25, 0.3) is 0 Å². The van der Waals surface area contributed by atoms with E-state index in [9.17, 15) is 4.55 Å². The van der Waals surface area contributed by atoms with E-state index < -0.39 is 15.0 Å². The van der Waals surface area contributed by atoms with Crippen LogP contribution in [0.1, 0.15) is 13.8 Å². The molecule has 2 N–H and O–H groups in total. The smallest absolute Gasteiger partial charge is 0.192 e. The summed E-state index contributed by atoms with van der Waals surface area (Å²) in [6, 6.07) is 0. The van der Waals surface area contributed by atoms with Crippen LogP contribution in [0.2, 0.25) is 0 Å². The second-order valence-electron chi connectivity index (χ2n) is 1.66. The van der Waals surface area contributed by atoms with Crippen LogP contribution in [0, 0.1) is 0 Å². The zero-order valence-corrected chi connectivity index (χ0v) is 6.67. The van der Waals surface area contributed by atoms with Crippen molar-refractivity contribution in [2.24, 2.45) is 5.14 Å². The van der Waals surface area contributed by atoms with E-state index in [4.69, 9.17) is 5.14 Å². The molecule has 0 heterocycles. The lowest BCUT2D eigenvalue weighted by Gasteiger charge is -2.15. The first-order chi connectivity index (χ1) is 2.94. The summed E-state index contributed by atoms with van der Waals surface area (Å²) in [6.45, 7) is 3.51. The van der Waals surface area contributed by atoms with Gasteiger partial charge in [-0.2, -0.15) is 5.14 Å². The zero-order valence-electron chi connectivity index (χ0n) is 4.27. The first-order valence-electron chi connectivity index (χ1n) is 1.80. The Labute approximate surface area is 54.9 Å². The van der Waals surface area contributed by atoms with E-state index in [0.29, 0.717) is 0 Å². The van der Waals surface area contributed by atoms with Gasteiger partial charge in [-0.25, -0.2) is 0 Å². The molecule has 7 heavy (non-hydrogen) atoms. The molecule has 0 unspecified atom stereocenters. The summed E-state index contributed by atoms with van der Waals surface area (Å²) in [5, 5.41) is 4.99. The van der Waals surface area contributed by atoms with Crippen molar-refractivity contribution in [2.75, 3.05) is 0 Å². The summed E-state index contributed by atoms with van der Waals surface area (Å²) in [5.41, 5.74) is 0. The molecular formula is C3H8BrNOS. The van der Waals surface area contributed by atoms with E-state index in [1.165, 1.54) is 0 Å². The van der Waals surface area contributed by atoms with Crippen LogP contribution in [0.4, 0.5) is 0 Å². The summed E-state index contributed by atoms with van der Waals surface area (Å²) >= 11 is 1.85. The monoisotopic (exact) mass is 185 g/mol. The second kappa shape index (κ2) is 2.35. The number of nitrogens with two attached hydrogens (primary N) is 1. The largest absolute Gasteiger partial charge is 0.597 e. The molecule has 44 valence electrons. The number of rotatable bonds is 1. The molecule has 0 aliphatic rings. The van der Waals surface area contributed by atoms with Gasteiger partial charge in [-0.15, -0.1) is 0 Å². The Hall–Kier alpha value is 0.750. The molecule has 0 spiro atoms. The molecule has 0 aromatic rings. The lowest BCUT2D eigenvalue weighted by atomic mass is 10.6. The van der Waals surface area contributed by atoms with E-state index in [1.54, 1.807) is 13.8 Å². The van der Waals surface area contributed by atoms with Crippen LogP contribution >= 0.6 is 15.9 Å². The van der Waals surface area contributed by atoms with Gasteiger partial charge in [0.15, 0.2) is 3.66 Å². The lowest BCUT2D eigenvalue weighted by Crippen LogP contribution is -2.31. The van der Waals surface area contributed by atoms with Gasteiger partial charge in [-0.3, -0.25) is 0 Å². The summed E-state index contributed by atoms with van der Waals surface area (Å²) in [4.78, 5) is 0. The van der Waals surface area contributed by atoms with Crippen molar-refractivity contribution in [1.29, 1.82) is 0 Å². The quantitative estimate of drug-likeness (QED) is 0.485. The van der Waals surface area contributed by atoms with Gasteiger partial charge < -0.3 is 4.55 Å². The normalized spacial score (nSPS) is 16.7. The highest BCUT2D eigenvalue weighted by Crippen LogP contribution is 2.19. The minimum absolute atomic E-state index is 0.438. The Morgan fingerprint density at radius 3 is 1.86 bits per heavy atom. The average molecular weight is 186 g/mol. The fraction of sp³-hybridized carbons (Fsp3) is 1.00. The predicted octanol–water partition coefficient (Wildman–Crippen LogP) is 0.740. The third-order valence-corrected chi connectivity index (χ3v) is 2.39. The van der Waals surface area contributed by atoms with Crippen molar-refractivity contribution < 1.29 is 4.55 Å². The van der Waals surface area contributed by atoms with Gasteiger partial charge in [-0.1, -0.05) is 0 Å². The van der Waals surface area contributed by atoms with Crippen molar-refractivity contribution in [2.45, 2.75) is 17.5 Å². The Morgan fingerprint density at radius 1 is 1.71 bits per heavy atom. The minimum atomic E-state index is -1.27. The van der Waals surface area contributed by atoms with E-state index in [1.807, 2.05) is 0 Å². The maximum Gasteiger partial charge on any atom is 0.192 e. The van der Waals surface area contributed by atoms with E-state index in [0.717, 1.165) is 0 Å². The molecule has 0 bridgehead atoms. The van der Waals surface area contributed by atoms with E-state index >= 15 is 0 Å². The standard InChI is InChI=1S/C3H8BrNOS/c1-3(2,4)7(5)6/h5H2,1-2H3/t7-/m1/s1. The van der Waals surface area contributed by atoms with E-state index in [2.05, 4.69) is 15.9 Å². The zero-order chi connectivity index (χ0) is 6.08. The van der Waals surface area contributed by atoms with Crippen molar-refractivity contribution >= 4 is 27.3 Å². The van der Waals surface area contributed by atoms with Crippen molar-refractivity contribution in [1.82, 2.24) is 0 Å². The summed E-state index contributed by atoms with van der Waals surface area (Å²) in [5.74, 6) is 0. The second-order valence-corrected chi connectivity index (χ2v) is 5.78. The molecule has 0 amide bonds. The van der Waals surface area contributed by atoms with Crippen LogP contribution in [0.25, 0.3) is 0 Å². The van der Waals surface area contributed by atoms with Crippen LogP contribution in [0.15, 0.2) is 0 Å². The highest BCUT2D eigenvalue weighted by atomic mass is 79.9.